The van der Waals surface area contributed by atoms with Gasteiger partial charge in [-0.1, -0.05) is 25.9 Å². The Morgan fingerprint density at radius 1 is 1.26 bits per heavy atom. The van der Waals surface area contributed by atoms with Crippen LogP contribution in [0.3, 0.4) is 0 Å². The van der Waals surface area contributed by atoms with Crippen LogP contribution in [0.4, 0.5) is 5.82 Å². The monoisotopic (exact) mass is 315 g/mol. The Kier molecular flexibility index (Phi) is 4.10. The summed E-state index contributed by atoms with van der Waals surface area (Å²) >= 11 is 0. The lowest BCUT2D eigenvalue weighted by Gasteiger charge is -2.44. The molecule has 6 heteroatoms. The average Bonchev–Trinajstić information content (AvgIpc) is 2.82. The van der Waals surface area contributed by atoms with Gasteiger partial charge in [0, 0.05) is 36.7 Å². The number of nitrogens with zero attached hydrogens (tertiary/aromatic N) is 5. The minimum atomic E-state index is 0.0414. The summed E-state index contributed by atoms with van der Waals surface area (Å²) in [5.74, 6) is 1.86. The lowest BCUT2D eigenvalue weighted by atomic mass is 9.92. The lowest BCUT2D eigenvalue weighted by molar-refractivity contribution is 0.195. The third kappa shape index (κ3) is 3.37. The maximum Gasteiger partial charge on any atom is 0.151 e. The summed E-state index contributed by atoms with van der Waals surface area (Å²) in [6, 6.07) is 4.68. The molecule has 0 N–H and O–H groups in total. The zero-order valence-electron chi connectivity index (χ0n) is 14.6. The first-order chi connectivity index (χ1) is 10.8. The summed E-state index contributed by atoms with van der Waals surface area (Å²) < 4.78 is 5.12. The molecule has 2 aromatic rings. The van der Waals surface area contributed by atoms with Crippen LogP contribution in [0.5, 0.6) is 0 Å². The molecule has 1 aliphatic rings. The fourth-order valence-electron chi connectivity index (χ4n) is 2.68. The topological polar surface area (TPSA) is 58.3 Å². The van der Waals surface area contributed by atoms with Crippen molar-refractivity contribution in [1.29, 1.82) is 0 Å². The van der Waals surface area contributed by atoms with Gasteiger partial charge in [0.05, 0.1) is 11.9 Å². The van der Waals surface area contributed by atoms with E-state index in [2.05, 4.69) is 65.1 Å². The third-order valence-electron chi connectivity index (χ3n) is 4.50. The van der Waals surface area contributed by atoms with Crippen LogP contribution in [-0.4, -0.2) is 46.4 Å². The first-order valence-corrected chi connectivity index (χ1v) is 8.04. The highest BCUT2D eigenvalue weighted by Crippen LogP contribution is 2.25. The van der Waals surface area contributed by atoms with Crippen molar-refractivity contribution in [2.75, 3.05) is 25.0 Å². The van der Waals surface area contributed by atoms with Crippen molar-refractivity contribution >= 4 is 5.82 Å². The highest BCUT2D eigenvalue weighted by atomic mass is 16.5. The number of anilines is 1. The Bertz CT molecular complexity index is 652. The molecule has 3 heterocycles. The molecular formula is C17H25N5O. The van der Waals surface area contributed by atoms with Crippen LogP contribution in [0.2, 0.25) is 0 Å². The Morgan fingerprint density at radius 2 is 2.00 bits per heavy atom. The van der Waals surface area contributed by atoms with Gasteiger partial charge in [-0.2, -0.15) is 5.10 Å². The van der Waals surface area contributed by atoms with Gasteiger partial charge in [-0.25, -0.2) is 0 Å². The van der Waals surface area contributed by atoms with Gasteiger partial charge in [0.25, 0.3) is 0 Å². The van der Waals surface area contributed by atoms with Gasteiger partial charge in [0.1, 0.15) is 5.76 Å². The predicted molar refractivity (Wildman–Crippen MR) is 89.4 cm³/mol. The molecule has 2 aromatic heterocycles. The zero-order valence-corrected chi connectivity index (χ0v) is 14.6. The molecule has 0 saturated carbocycles. The van der Waals surface area contributed by atoms with Gasteiger partial charge in [0.2, 0.25) is 0 Å². The van der Waals surface area contributed by atoms with Gasteiger partial charge in [0.15, 0.2) is 5.82 Å². The predicted octanol–water partition coefficient (Wildman–Crippen LogP) is 2.39. The second kappa shape index (κ2) is 5.92. The number of hydrogen-bond donors (Lipinski definition) is 0. The fraction of sp³-hybridized carbons (Fsp3) is 0.588. The highest BCUT2D eigenvalue weighted by Gasteiger charge is 2.31. The van der Waals surface area contributed by atoms with Crippen molar-refractivity contribution < 1.29 is 4.52 Å². The molecule has 1 aliphatic heterocycles. The molecule has 23 heavy (non-hydrogen) atoms. The van der Waals surface area contributed by atoms with Crippen molar-refractivity contribution in [3.63, 3.8) is 0 Å². The molecule has 0 aromatic carbocycles. The number of rotatable bonds is 4. The van der Waals surface area contributed by atoms with Crippen molar-refractivity contribution in [1.82, 2.24) is 20.3 Å². The minimum absolute atomic E-state index is 0.0414. The number of hydrogen-bond acceptors (Lipinski definition) is 6. The van der Waals surface area contributed by atoms with Crippen LogP contribution >= 0.6 is 0 Å². The Balaban J connectivity index is 1.55. The molecule has 1 saturated heterocycles. The second-order valence-corrected chi connectivity index (χ2v) is 7.41. The Hall–Kier alpha value is -1.95. The molecular weight excluding hydrogens is 290 g/mol. The normalized spacial score (nSPS) is 16.0. The maximum atomic E-state index is 5.12. The zero-order chi connectivity index (χ0) is 16.6. The van der Waals surface area contributed by atoms with Crippen LogP contribution in [0.25, 0.3) is 0 Å². The summed E-state index contributed by atoms with van der Waals surface area (Å²) in [5, 5.41) is 12.6. The average molecular weight is 315 g/mol. The molecule has 0 spiro atoms. The quantitative estimate of drug-likeness (QED) is 0.863. The van der Waals surface area contributed by atoms with Gasteiger partial charge >= 0.3 is 0 Å². The van der Waals surface area contributed by atoms with E-state index in [1.165, 1.54) is 0 Å². The molecule has 0 atom stereocenters. The second-order valence-electron chi connectivity index (χ2n) is 7.41. The van der Waals surface area contributed by atoms with E-state index in [9.17, 15) is 0 Å². The lowest BCUT2D eigenvalue weighted by Crippen LogP contribution is -2.58. The van der Waals surface area contributed by atoms with Gasteiger partial charge in [-0.3, -0.25) is 4.90 Å². The summed E-state index contributed by atoms with van der Waals surface area (Å²) in [5.41, 5.74) is 2.22. The first-order valence-electron chi connectivity index (χ1n) is 8.04. The van der Waals surface area contributed by atoms with Gasteiger partial charge in [-0.15, -0.1) is 5.10 Å². The number of aromatic nitrogens is 3. The molecule has 3 rings (SSSR count). The fourth-order valence-corrected chi connectivity index (χ4v) is 2.68. The number of likely N-dealkylation sites (N-methyl/N-ethyl adjacent to an activating group) is 1. The molecule has 0 radical (unpaired) electrons. The van der Waals surface area contributed by atoms with Crippen molar-refractivity contribution in [2.24, 2.45) is 0 Å². The molecule has 1 fully saturated rings. The summed E-state index contributed by atoms with van der Waals surface area (Å²) in [6.45, 7) is 11.2. The van der Waals surface area contributed by atoms with Crippen molar-refractivity contribution in [3.05, 3.63) is 35.3 Å². The van der Waals surface area contributed by atoms with E-state index in [0.717, 1.165) is 42.5 Å². The third-order valence-corrected chi connectivity index (χ3v) is 4.50. The minimum Gasteiger partial charge on any atom is -0.361 e. The Labute approximate surface area is 137 Å². The van der Waals surface area contributed by atoms with Crippen LogP contribution in [0.1, 0.15) is 37.8 Å². The maximum absolute atomic E-state index is 5.12. The summed E-state index contributed by atoms with van der Waals surface area (Å²) in [4.78, 5) is 4.61. The van der Waals surface area contributed by atoms with E-state index in [1.807, 2.05) is 6.92 Å². The molecule has 0 unspecified atom stereocenters. The molecule has 0 aliphatic carbocycles. The molecule has 0 amide bonds. The molecule has 124 valence electrons. The molecule has 6 nitrogen and oxygen atoms in total. The van der Waals surface area contributed by atoms with Crippen LogP contribution in [0.15, 0.2) is 22.9 Å². The van der Waals surface area contributed by atoms with Crippen molar-refractivity contribution in [3.8, 4) is 0 Å². The van der Waals surface area contributed by atoms with Crippen molar-refractivity contribution in [2.45, 2.75) is 45.7 Å². The summed E-state index contributed by atoms with van der Waals surface area (Å²) in [7, 11) is 2.14. The summed E-state index contributed by atoms with van der Waals surface area (Å²) in [6.07, 6.45) is 1.80. The first kappa shape index (κ1) is 15.9. The van der Waals surface area contributed by atoms with Gasteiger partial charge < -0.3 is 9.42 Å². The van der Waals surface area contributed by atoms with E-state index in [-0.39, 0.29) is 5.41 Å². The molecule has 0 bridgehead atoms. The van der Waals surface area contributed by atoms with Crippen LogP contribution in [-0.2, 0) is 12.0 Å². The highest BCUT2D eigenvalue weighted by molar-refractivity contribution is 5.42. The largest absolute Gasteiger partial charge is 0.361 e. The van der Waals surface area contributed by atoms with E-state index in [0.29, 0.717) is 6.04 Å². The Morgan fingerprint density at radius 3 is 2.52 bits per heavy atom. The van der Waals surface area contributed by atoms with E-state index >= 15 is 0 Å². The van der Waals surface area contributed by atoms with Gasteiger partial charge in [-0.05, 0) is 26.1 Å². The SMILES string of the molecule is Cc1oncc1CN(C)C1CN(c2ccc(C(C)(C)C)nn2)C1. The van der Waals surface area contributed by atoms with Crippen LogP contribution < -0.4 is 4.90 Å². The van der Waals surface area contributed by atoms with Crippen LogP contribution in [0, 0.1) is 6.92 Å². The van der Waals surface area contributed by atoms with E-state index in [4.69, 9.17) is 4.52 Å². The number of aryl methyl sites for hydroxylation is 1. The smallest absolute Gasteiger partial charge is 0.151 e. The van der Waals surface area contributed by atoms with E-state index < -0.39 is 0 Å². The standard InChI is InChI=1S/C17H25N5O/c1-12-13(8-18-23-12)9-21(5)14-10-22(11-14)16-7-6-15(19-20-16)17(2,3)4/h6-8,14H,9-11H2,1-5H3. The van der Waals surface area contributed by atoms with E-state index in [1.54, 1.807) is 6.20 Å².